The lowest BCUT2D eigenvalue weighted by molar-refractivity contribution is -0.135. The van der Waals surface area contributed by atoms with Gasteiger partial charge in [-0.25, -0.2) is 0 Å². The van der Waals surface area contributed by atoms with Crippen LogP contribution >= 0.6 is 0 Å². The smallest absolute Gasteiger partial charge is 0.260 e. The molecule has 58 valence electrons. The number of amides is 2. The van der Waals surface area contributed by atoms with Gasteiger partial charge in [0.15, 0.2) is 0 Å². The molecule has 1 aliphatic rings. The number of nitrogens with zero attached hydrogens (tertiary/aromatic N) is 1. The van der Waals surface area contributed by atoms with Crippen molar-refractivity contribution in [2.75, 3.05) is 7.05 Å². The van der Waals surface area contributed by atoms with E-state index in [2.05, 4.69) is 6.58 Å². The van der Waals surface area contributed by atoms with E-state index in [1.807, 2.05) is 0 Å². The summed E-state index contributed by atoms with van der Waals surface area (Å²) in [5.74, 6) is -0.493. The molecule has 0 atom stereocenters. The molecular weight excluding hydrogens is 142 g/mol. The Morgan fingerprint density at radius 3 is 2.09 bits per heavy atom. The van der Waals surface area contributed by atoms with Crippen molar-refractivity contribution in [1.29, 1.82) is 0 Å². The van der Waals surface area contributed by atoms with Gasteiger partial charge in [-0.05, 0) is 6.92 Å². The van der Waals surface area contributed by atoms with Gasteiger partial charge in [0.25, 0.3) is 11.8 Å². The predicted octanol–water partition coefficient (Wildman–Crippen LogP) is 0.488. The summed E-state index contributed by atoms with van der Waals surface area (Å²) in [6, 6.07) is 0. The van der Waals surface area contributed by atoms with Crippen molar-refractivity contribution in [3.8, 4) is 0 Å². The summed E-state index contributed by atoms with van der Waals surface area (Å²) in [7, 11) is 1.46. The van der Waals surface area contributed by atoms with Crippen molar-refractivity contribution >= 4 is 11.8 Å². The molecule has 0 aromatic heterocycles. The standard InChI is InChI=1S/C8H9NO2/c1-4-6-5(2)7(10)9(3)8(6)11/h4H,1H2,2-3H3. The Balaban J connectivity index is 3.18. The van der Waals surface area contributed by atoms with Crippen LogP contribution in [0.1, 0.15) is 6.92 Å². The van der Waals surface area contributed by atoms with E-state index in [0.717, 1.165) is 4.90 Å². The third-order valence-corrected chi connectivity index (χ3v) is 1.77. The average Bonchev–Trinajstić information content (AvgIpc) is 2.17. The minimum Gasteiger partial charge on any atom is -0.278 e. The van der Waals surface area contributed by atoms with Gasteiger partial charge in [-0.2, -0.15) is 0 Å². The van der Waals surface area contributed by atoms with E-state index in [9.17, 15) is 9.59 Å². The molecule has 0 fully saturated rings. The minimum atomic E-state index is -0.262. The van der Waals surface area contributed by atoms with Crippen molar-refractivity contribution in [2.45, 2.75) is 6.92 Å². The maximum atomic E-state index is 11.1. The summed E-state index contributed by atoms with van der Waals surface area (Å²) >= 11 is 0. The lowest BCUT2D eigenvalue weighted by atomic mass is 10.2. The number of carbonyl (C=O) groups excluding carboxylic acids is 2. The largest absolute Gasteiger partial charge is 0.278 e. The van der Waals surface area contributed by atoms with E-state index in [0.29, 0.717) is 11.1 Å². The molecule has 0 aliphatic carbocycles. The Bertz CT molecular complexity index is 276. The van der Waals surface area contributed by atoms with Crippen LogP contribution in [0.25, 0.3) is 0 Å². The fraction of sp³-hybridized carbons (Fsp3) is 0.250. The Morgan fingerprint density at radius 1 is 1.36 bits per heavy atom. The van der Waals surface area contributed by atoms with Crippen LogP contribution in [0.2, 0.25) is 0 Å². The minimum absolute atomic E-state index is 0.232. The van der Waals surface area contributed by atoms with Gasteiger partial charge in [-0.1, -0.05) is 12.7 Å². The topological polar surface area (TPSA) is 37.4 Å². The maximum Gasteiger partial charge on any atom is 0.260 e. The van der Waals surface area contributed by atoms with Gasteiger partial charge in [0.2, 0.25) is 0 Å². The first-order valence-corrected chi connectivity index (χ1v) is 3.25. The Hall–Kier alpha value is -1.38. The SMILES string of the molecule is C=CC1=C(C)C(=O)N(C)C1=O. The quantitative estimate of drug-likeness (QED) is 0.511. The number of hydrogen-bond acceptors (Lipinski definition) is 2. The van der Waals surface area contributed by atoms with Gasteiger partial charge >= 0.3 is 0 Å². The van der Waals surface area contributed by atoms with Crippen LogP contribution in [0.4, 0.5) is 0 Å². The molecule has 0 N–H and O–H groups in total. The van der Waals surface area contributed by atoms with Crippen molar-refractivity contribution in [1.82, 2.24) is 4.90 Å². The zero-order chi connectivity index (χ0) is 8.59. The van der Waals surface area contributed by atoms with E-state index >= 15 is 0 Å². The van der Waals surface area contributed by atoms with Crippen LogP contribution in [0.15, 0.2) is 23.8 Å². The van der Waals surface area contributed by atoms with Crippen LogP contribution in [0.5, 0.6) is 0 Å². The second-order valence-electron chi connectivity index (χ2n) is 2.41. The molecule has 3 nitrogen and oxygen atoms in total. The highest BCUT2D eigenvalue weighted by atomic mass is 16.2. The summed E-state index contributed by atoms with van der Waals surface area (Å²) in [6.45, 7) is 5.08. The molecule has 0 radical (unpaired) electrons. The molecule has 0 saturated heterocycles. The number of carbonyl (C=O) groups is 2. The molecule has 0 bridgehead atoms. The summed E-state index contributed by atoms with van der Waals surface area (Å²) in [5, 5.41) is 0. The molecular formula is C8H9NO2. The molecule has 3 heteroatoms. The zero-order valence-electron chi connectivity index (χ0n) is 6.55. The first-order chi connectivity index (χ1) is 5.09. The van der Waals surface area contributed by atoms with E-state index in [1.54, 1.807) is 6.92 Å². The van der Waals surface area contributed by atoms with Crippen molar-refractivity contribution in [2.24, 2.45) is 0 Å². The highest BCUT2D eigenvalue weighted by Gasteiger charge is 2.30. The second-order valence-corrected chi connectivity index (χ2v) is 2.41. The highest BCUT2D eigenvalue weighted by Crippen LogP contribution is 2.18. The maximum absolute atomic E-state index is 11.1. The van der Waals surface area contributed by atoms with E-state index in [4.69, 9.17) is 0 Å². The van der Waals surface area contributed by atoms with Crippen LogP contribution in [-0.2, 0) is 9.59 Å². The van der Waals surface area contributed by atoms with Gasteiger partial charge in [0.05, 0.1) is 0 Å². The van der Waals surface area contributed by atoms with E-state index in [-0.39, 0.29) is 11.8 Å². The van der Waals surface area contributed by atoms with Gasteiger partial charge in [0.1, 0.15) is 0 Å². The molecule has 2 amide bonds. The van der Waals surface area contributed by atoms with Crippen LogP contribution in [0.3, 0.4) is 0 Å². The van der Waals surface area contributed by atoms with Crippen LogP contribution in [-0.4, -0.2) is 23.8 Å². The van der Waals surface area contributed by atoms with Crippen LogP contribution in [0, 0.1) is 0 Å². The summed E-state index contributed by atoms with van der Waals surface area (Å²) in [4.78, 5) is 23.3. The molecule has 0 unspecified atom stereocenters. The zero-order valence-corrected chi connectivity index (χ0v) is 6.55. The van der Waals surface area contributed by atoms with Crippen molar-refractivity contribution in [3.05, 3.63) is 23.8 Å². The Kier molecular flexibility index (Phi) is 1.64. The first kappa shape index (κ1) is 7.72. The average molecular weight is 151 g/mol. The lowest BCUT2D eigenvalue weighted by Gasteiger charge is -2.04. The second kappa shape index (κ2) is 2.34. The first-order valence-electron chi connectivity index (χ1n) is 3.25. The monoisotopic (exact) mass is 151 g/mol. The third-order valence-electron chi connectivity index (χ3n) is 1.77. The molecule has 0 saturated carbocycles. The molecule has 1 heterocycles. The van der Waals surface area contributed by atoms with Gasteiger partial charge in [0, 0.05) is 18.2 Å². The summed E-state index contributed by atoms with van der Waals surface area (Å²) in [6.07, 6.45) is 1.42. The molecule has 11 heavy (non-hydrogen) atoms. The summed E-state index contributed by atoms with van der Waals surface area (Å²) < 4.78 is 0. The number of hydrogen-bond donors (Lipinski definition) is 0. The van der Waals surface area contributed by atoms with Gasteiger partial charge in [-0.15, -0.1) is 0 Å². The van der Waals surface area contributed by atoms with Crippen LogP contribution < -0.4 is 0 Å². The van der Waals surface area contributed by atoms with E-state index in [1.165, 1.54) is 13.1 Å². The normalized spacial score (nSPS) is 18.2. The fourth-order valence-electron chi connectivity index (χ4n) is 1.04. The molecule has 1 aliphatic heterocycles. The van der Waals surface area contributed by atoms with Crippen molar-refractivity contribution in [3.63, 3.8) is 0 Å². The number of likely N-dealkylation sites (N-methyl/N-ethyl adjacent to an activating group) is 1. The molecule has 0 aromatic carbocycles. The van der Waals surface area contributed by atoms with Gasteiger partial charge < -0.3 is 0 Å². The number of rotatable bonds is 1. The molecule has 0 aromatic rings. The Labute approximate surface area is 65.0 Å². The molecule has 0 spiro atoms. The van der Waals surface area contributed by atoms with E-state index < -0.39 is 0 Å². The third kappa shape index (κ3) is 0.888. The molecule has 1 rings (SSSR count). The summed E-state index contributed by atoms with van der Waals surface area (Å²) in [5.41, 5.74) is 0.894. The fourth-order valence-corrected chi connectivity index (χ4v) is 1.04. The Morgan fingerprint density at radius 2 is 1.91 bits per heavy atom. The highest BCUT2D eigenvalue weighted by molar-refractivity contribution is 6.20. The lowest BCUT2D eigenvalue weighted by Crippen LogP contribution is -2.26. The van der Waals surface area contributed by atoms with Gasteiger partial charge in [-0.3, -0.25) is 14.5 Å². The predicted molar refractivity (Wildman–Crippen MR) is 40.7 cm³/mol. The van der Waals surface area contributed by atoms with Crippen molar-refractivity contribution < 1.29 is 9.59 Å². The number of imide groups is 1.